The van der Waals surface area contributed by atoms with Crippen LogP contribution in [0.3, 0.4) is 0 Å². The van der Waals surface area contributed by atoms with Crippen molar-refractivity contribution in [1.29, 1.82) is 0 Å². The molecule has 0 spiro atoms. The summed E-state index contributed by atoms with van der Waals surface area (Å²) in [5, 5.41) is 15.2. The van der Waals surface area contributed by atoms with Crippen molar-refractivity contribution in [1.82, 2.24) is 25.2 Å². The highest BCUT2D eigenvalue weighted by Crippen LogP contribution is 2.32. The number of alkyl halides is 3. The van der Waals surface area contributed by atoms with Gasteiger partial charge in [-0.1, -0.05) is 18.2 Å². The number of nitrogens with one attached hydrogen (secondary N) is 1. The highest BCUT2D eigenvalue weighted by atomic mass is 32.1. The number of tetrazole rings is 1. The molecule has 0 aliphatic carbocycles. The summed E-state index contributed by atoms with van der Waals surface area (Å²) in [5.74, 6) is -0.402. The lowest BCUT2D eigenvalue weighted by Gasteiger charge is -2.06. The topological polar surface area (TPSA) is 85.6 Å². The number of thiazole rings is 1. The normalized spacial score (nSPS) is 11.7. The van der Waals surface area contributed by atoms with Crippen molar-refractivity contribution in [2.45, 2.75) is 19.6 Å². The number of rotatable bonds is 5. The minimum Gasteiger partial charge on any atom is -0.324 e. The summed E-state index contributed by atoms with van der Waals surface area (Å²) in [7, 11) is 0. The molecule has 0 bridgehead atoms. The highest BCUT2D eigenvalue weighted by Gasteiger charge is 2.30. The fourth-order valence-corrected chi connectivity index (χ4v) is 4.51. The lowest BCUT2D eigenvalue weighted by Crippen LogP contribution is -2.20. The van der Waals surface area contributed by atoms with E-state index in [1.807, 2.05) is 31.2 Å². The Balaban J connectivity index is 1.24. The first-order chi connectivity index (χ1) is 16.7. The van der Waals surface area contributed by atoms with Crippen LogP contribution >= 0.6 is 11.3 Å². The van der Waals surface area contributed by atoms with Gasteiger partial charge in [-0.15, -0.1) is 21.5 Å². The lowest BCUT2D eigenvalue weighted by atomic mass is 10.1. The summed E-state index contributed by atoms with van der Waals surface area (Å²) < 4.78 is 39.9. The second-order valence-electron chi connectivity index (χ2n) is 7.84. The summed E-state index contributed by atoms with van der Waals surface area (Å²) in [6.07, 6.45) is -4.48. The van der Waals surface area contributed by atoms with Gasteiger partial charge in [0, 0.05) is 16.8 Å². The van der Waals surface area contributed by atoms with E-state index in [1.165, 1.54) is 17.7 Å². The summed E-state index contributed by atoms with van der Waals surface area (Å²) >= 11 is 1.60. The maximum Gasteiger partial charge on any atom is 0.416 e. The van der Waals surface area contributed by atoms with Crippen molar-refractivity contribution in [3.8, 4) is 22.0 Å². The third-order valence-corrected chi connectivity index (χ3v) is 6.21. The number of benzene rings is 3. The van der Waals surface area contributed by atoms with E-state index in [1.54, 1.807) is 23.5 Å². The second-order valence-corrected chi connectivity index (χ2v) is 8.87. The van der Waals surface area contributed by atoms with Crippen LogP contribution in [0.25, 0.3) is 32.2 Å². The van der Waals surface area contributed by atoms with Crippen LogP contribution in [-0.2, 0) is 17.5 Å². The van der Waals surface area contributed by atoms with E-state index in [2.05, 4.69) is 31.8 Å². The molecular formula is C24H17F3N6OS. The number of carbonyl (C=O) groups excluding carboxylic acids is 1. The van der Waals surface area contributed by atoms with Gasteiger partial charge in [0.25, 0.3) is 0 Å². The molecule has 1 amide bonds. The fraction of sp³-hybridized carbons (Fsp3) is 0.125. The smallest absolute Gasteiger partial charge is 0.324 e. The van der Waals surface area contributed by atoms with E-state index < -0.39 is 17.6 Å². The average molecular weight is 495 g/mol. The zero-order chi connectivity index (χ0) is 24.6. The molecule has 0 fully saturated rings. The first-order valence-electron chi connectivity index (χ1n) is 10.5. The molecule has 35 heavy (non-hydrogen) atoms. The third-order valence-electron chi connectivity index (χ3n) is 5.15. The number of aryl methyl sites for hydroxylation is 1. The minimum absolute atomic E-state index is 0.000665. The van der Waals surface area contributed by atoms with Crippen LogP contribution < -0.4 is 5.32 Å². The number of amides is 1. The molecule has 0 saturated heterocycles. The van der Waals surface area contributed by atoms with Crippen LogP contribution in [0, 0.1) is 6.92 Å². The van der Waals surface area contributed by atoms with Crippen molar-refractivity contribution in [3.05, 3.63) is 77.9 Å². The summed E-state index contributed by atoms with van der Waals surface area (Å²) in [4.78, 5) is 18.1. The number of carbonyl (C=O) groups is 1. The summed E-state index contributed by atoms with van der Waals surface area (Å²) in [6, 6.07) is 18.0. The number of halogens is 3. The highest BCUT2D eigenvalue weighted by molar-refractivity contribution is 7.21. The zero-order valence-corrected chi connectivity index (χ0v) is 19.1. The van der Waals surface area contributed by atoms with Gasteiger partial charge in [-0.3, -0.25) is 4.79 Å². The zero-order valence-electron chi connectivity index (χ0n) is 18.2. The van der Waals surface area contributed by atoms with Crippen LogP contribution in [0.4, 0.5) is 18.9 Å². The van der Waals surface area contributed by atoms with Crippen LogP contribution in [-0.4, -0.2) is 31.1 Å². The molecule has 5 rings (SSSR count). The first-order valence-corrected chi connectivity index (χ1v) is 11.3. The predicted octanol–water partition coefficient (Wildman–Crippen LogP) is 5.58. The van der Waals surface area contributed by atoms with E-state index in [9.17, 15) is 18.0 Å². The summed E-state index contributed by atoms with van der Waals surface area (Å²) in [6.45, 7) is 1.79. The molecule has 0 radical (unpaired) electrons. The van der Waals surface area contributed by atoms with Gasteiger partial charge in [0.1, 0.15) is 11.6 Å². The van der Waals surface area contributed by atoms with Gasteiger partial charge in [0.05, 0.1) is 15.8 Å². The number of hydrogen-bond acceptors (Lipinski definition) is 6. The fourth-order valence-electron chi connectivity index (χ4n) is 3.44. The summed E-state index contributed by atoms with van der Waals surface area (Å²) in [5.41, 5.74) is 2.98. The Bertz CT molecular complexity index is 1520. The quantitative estimate of drug-likeness (QED) is 0.345. The van der Waals surface area contributed by atoms with Gasteiger partial charge in [0.15, 0.2) is 0 Å². The SMILES string of the molecule is Cc1ccc2nc(-c3ccc(NC(=O)Cn4nnc(-c5cccc(C(F)(F)F)c5)n4)cc3)sc2c1. The molecule has 1 N–H and O–H groups in total. The van der Waals surface area contributed by atoms with Crippen LogP contribution in [0.15, 0.2) is 66.7 Å². The van der Waals surface area contributed by atoms with Crippen molar-refractivity contribution < 1.29 is 18.0 Å². The van der Waals surface area contributed by atoms with Gasteiger partial charge in [-0.2, -0.15) is 18.0 Å². The Morgan fingerprint density at radius 3 is 2.60 bits per heavy atom. The van der Waals surface area contributed by atoms with E-state index in [4.69, 9.17) is 0 Å². The Hall–Kier alpha value is -4.12. The van der Waals surface area contributed by atoms with Crippen molar-refractivity contribution in [2.75, 3.05) is 5.32 Å². The maximum atomic E-state index is 12.9. The Labute approximate surface area is 201 Å². The molecule has 3 aromatic carbocycles. The van der Waals surface area contributed by atoms with Gasteiger partial charge in [-0.05, 0) is 66.2 Å². The van der Waals surface area contributed by atoms with Crippen LogP contribution in [0.5, 0.6) is 0 Å². The molecular weight excluding hydrogens is 477 g/mol. The number of nitrogens with zero attached hydrogens (tertiary/aromatic N) is 5. The van der Waals surface area contributed by atoms with Crippen molar-refractivity contribution in [2.24, 2.45) is 0 Å². The molecule has 176 valence electrons. The van der Waals surface area contributed by atoms with Crippen molar-refractivity contribution >= 4 is 33.1 Å². The largest absolute Gasteiger partial charge is 0.416 e. The molecule has 5 aromatic rings. The number of aromatic nitrogens is 5. The number of fused-ring (bicyclic) bond motifs is 1. The minimum atomic E-state index is -4.48. The molecule has 7 nitrogen and oxygen atoms in total. The van der Waals surface area contributed by atoms with E-state index in [-0.39, 0.29) is 17.9 Å². The predicted molar refractivity (Wildman–Crippen MR) is 127 cm³/mol. The standard InChI is InChI=1S/C24H17F3N6OS/c1-14-5-10-19-20(11-14)35-23(29-19)15-6-8-18(9-7-15)28-21(34)13-33-31-22(30-32-33)16-3-2-4-17(12-16)24(25,26)27/h2-12H,13H2,1H3,(H,28,34). The average Bonchev–Trinajstić information content (AvgIpc) is 3.46. The molecule has 0 saturated carbocycles. The van der Waals surface area contributed by atoms with Gasteiger partial charge >= 0.3 is 6.18 Å². The Morgan fingerprint density at radius 1 is 1.03 bits per heavy atom. The number of hydrogen-bond donors (Lipinski definition) is 1. The Morgan fingerprint density at radius 2 is 1.83 bits per heavy atom. The number of anilines is 1. The lowest BCUT2D eigenvalue weighted by molar-refractivity contribution is -0.137. The second kappa shape index (κ2) is 8.91. The first kappa shape index (κ1) is 22.7. The van der Waals surface area contributed by atoms with Gasteiger partial charge in [0.2, 0.25) is 11.7 Å². The molecule has 0 atom stereocenters. The van der Waals surface area contributed by atoms with Crippen LogP contribution in [0.1, 0.15) is 11.1 Å². The molecule has 0 aliphatic heterocycles. The van der Waals surface area contributed by atoms with Crippen molar-refractivity contribution in [3.63, 3.8) is 0 Å². The van der Waals surface area contributed by atoms with E-state index in [0.717, 1.165) is 37.7 Å². The van der Waals surface area contributed by atoms with Crippen LogP contribution in [0.2, 0.25) is 0 Å². The third kappa shape index (κ3) is 5.04. The Kier molecular flexibility index (Phi) is 5.77. The molecule has 11 heteroatoms. The monoisotopic (exact) mass is 494 g/mol. The molecule has 0 unspecified atom stereocenters. The maximum absolute atomic E-state index is 12.9. The molecule has 0 aliphatic rings. The van der Waals surface area contributed by atoms with E-state index in [0.29, 0.717) is 5.69 Å². The molecule has 2 heterocycles. The van der Waals surface area contributed by atoms with Gasteiger partial charge in [-0.25, -0.2) is 4.98 Å². The van der Waals surface area contributed by atoms with E-state index >= 15 is 0 Å². The van der Waals surface area contributed by atoms with Gasteiger partial charge < -0.3 is 5.32 Å². The molecule has 2 aromatic heterocycles.